The molecule has 0 saturated carbocycles. The smallest absolute Gasteiger partial charge is 0.255 e. The van der Waals surface area contributed by atoms with Gasteiger partial charge in [-0.15, -0.1) is 0 Å². The van der Waals surface area contributed by atoms with Crippen molar-refractivity contribution in [3.05, 3.63) is 29.8 Å². The Morgan fingerprint density at radius 1 is 1.21 bits per heavy atom. The monoisotopic (exact) mass is 475 g/mol. The zero-order valence-electron chi connectivity index (χ0n) is 20.5. The second-order valence-electron chi connectivity index (χ2n) is 8.74. The molecule has 10 heteroatoms. The van der Waals surface area contributed by atoms with Gasteiger partial charge >= 0.3 is 0 Å². The summed E-state index contributed by atoms with van der Waals surface area (Å²) >= 11 is 0. The van der Waals surface area contributed by atoms with Gasteiger partial charge in [-0.25, -0.2) is 0 Å². The lowest BCUT2D eigenvalue weighted by Gasteiger charge is -2.26. The van der Waals surface area contributed by atoms with Crippen LogP contribution in [0.25, 0.3) is 0 Å². The third kappa shape index (κ3) is 8.33. The minimum Gasteiger partial charge on any atom is -0.491 e. The second-order valence-corrected chi connectivity index (χ2v) is 8.74. The largest absolute Gasteiger partial charge is 0.491 e. The van der Waals surface area contributed by atoms with Crippen molar-refractivity contribution in [2.75, 3.05) is 40.3 Å². The Balaban J connectivity index is 2.26. The molecular formula is C24H37N5O5. The highest BCUT2D eigenvalue weighted by atomic mass is 16.5. The summed E-state index contributed by atoms with van der Waals surface area (Å²) in [5.74, 6) is -1.57. The first-order valence-corrected chi connectivity index (χ1v) is 11.7. The molecular weight excluding hydrogens is 438 g/mol. The van der Waals surface area contributed by atoms with Gasteiger partial charge in [0.1, 0.15) is 24.4 Å². The third-order valence-electron chi connectivity index (χ3n) is 5.70. The standard InChI is InChI=1S/C24H37N5O5/c1-5-16(2)21-24(33)26-12-14-34-19-10-7-6-9-17(19)22(31)27-18(15-20(30)28-21)23(32)25-11-8-13-29(3)4/h6-7,9-10,16,18,21H,5,8,11-15H2,1-4H3,(H,25,32)(H,26,33)(H,27,31)(H,28,30)/t16-,18-,21-/m0/s1. The van der Waals surface area contributed by atoms with Crippen LogP contribution in [0.2, 0.25) is 0 Å². The molecule has 0 bridgehead atoms. The van der Waals surface area contributed by atoms with Crippen LogP contribution in [0.1, 0.15) is 43.5 Å². The van der Waals surface area contributed by atoms with Crippen LogP contribution in [0.3, 0.4) is 0 Å². The van der Waals surface area contributed by atoms with Gasteiger partial charge in [-0.2, -0.15) is 0 Å². The first kappa shape index (κ1) is 27.1. The molecule has 188 valence electrons. The molecule has 0 aliphatic carbocycles. The average Bonchev–Trinajstić information content (AvgIpc) is 2.81. The van der Waals surface area contributed by atoms with Gasteiger partial charge in [0, 0.05) is 6.54 Å². The van der Waals surface area contributed by atoms with E-state index in [4.69, 9.17) is 4.74 Å². The topological polar surface area (TPSA) is 129 Å². The molecule has 10 nitrogen and oxygen atoms in total. The minimum atomic E-state index is -1.11. The van der Waals surface area contributed by atoms with Gasteiger partial charge in [0.2, 0.25) is 17.7 Å². The Kier molecular flexibility index (Phi) is 10.8. The molecule has 1 aromatic rings. The molecule has 1 aliphatic rings. The number of para-hydroxylation sites is 1. The van der Waals surface area contributed by atoms with Crippen molar-refractivity contribution in [1.82, 2.24) is 26.2 Å². The van der Waals surface area contributed by atoms with E-state index in [0.717, 1.165) is 13.0 Å². The van der Waals surface area contributed by atoms with Crippen molar-refractivity contribution in [1.29, 1.82) is 0 Å². The lowest BCUT2D eigenvalue weighted by molar-refractivity contribution is -0.132. The number of nitrogens with one attached hydrogen (secondary N) is 4. The summed E-state index contributed by atoms with van der Waals surface area (Å²) in [5, 5.41) is 11.0. The predicted octanol–water partition coefficient (Wildman–Crippen LogP) is 0.283. The molecule has 0 radical (unpaired) electrons. The van der Waals surface area contributed by atoms with Crippen molar-refractivity contribution in [3.63, 3.8) is 0 Å². The number of rotatable bonds is 7. The number of benzene rings is 1. The maximum absolute atomic E-state index is 13.0. The molecule has 0 saturated heterocycles. The summed E-state index contributed by atoms with van der Waals surface area (Å²) in [6, 6.07) is 4.78. The molecule has 0 spiro atoms. The molecule has 0 unspecified atom stereocenters. The van der Waals surface area contributed by atoms with E-state index in [1.165, 1.54) is 0 Å². The molecule has 4 amide bonds. The Labute approximate surface area is 201 Å². The highest BCUT2D eigenvalue weighted by Crippen LogP contribution is 2.18. The lowest BCUT2D eigenvalue weighted by atomic mass is 9.97. The van der Waals surface area contributed by atoms with Gasteiger partial charge in [-0.1, -0.05) is 32.4 Å². The zero-order valence-corrected chi connectivity index (χ0v) is 20.5. The predicted molar refractivity (Wildman–Crippen MR) is 128 cm³/mol. The number of nitrogens with zero attached hydrogens (tertiary/aromatic N) is 1. The highest BCUT2D eigenvalue weighted by molar-refractivity contribution is 6.01. The number of carbonyl (C=O) groups excluding carboxylic acids is 4. The van der Waals surface area contributed by atoms with E-state index in [1.54, 1.807) is 24.3 Å². The van der Waals surface area contributed by atoms with Gasteiger partial charge in [0.05, 0.1) is 18.5 Å². The number of ether oxygens (including phenoxy) is 1. The molecule has 4 N–H and O–H groups in total. The Morgan fingerprint density at radius 3 is 2.65 bits per heavy atom. The summed E-state index contributed by atoms with van der Waals surface area (Å²) in [5.41, 5.74) is 0.245. The van der Waals surface area contributed by atoms with Crippen LogP contribution in [0.5, 0.6) is 5.75 Å². The maximum atomic E-state index is 13.0. The Morgan fingerprint density at radius 2 is 1.94 bits per heavy atom. The van der Waals surface area contributed by atoms with Crippen molar-refractivity contribution in [2.45, 2.75) is 45.2 Å². The molecule has 1 heterocycles. The van der Waals surface area contributed by atoms with Crippen LogP contribution in [-0.4, -0.2) is 80.9 Å². The van der Waals surface area contributed by atoms with Crippen LogP contribution in [0, 0.1) is 5.92 Å². The van der Waals surface area contributed by atoms with Gasteiger partial charge in [0.25, 0.3) is 5.91 Å². The quantitative estimate of drug-likeness (QED) is 0.420. The minimum absolute atomic E-state index is 0.119. The van der Waals surface area contributed by atoms with E-state index >= 15 is 0 Å². The SMILES string of the molecule is CC[C@H](C)[C@@H]1NC(=O)C[C@@H](C(=O)NCCCN(C)C)NC(=O)c2ccccc2OCCNC1=O. The number of carbonyl (C=O) groups is 4. The van der Waals surface area contributed by atoms with Gasteiger partial charge < -0.3 is 30.9 Å². The van der Waals surface area contributed by atoms with Crippen molar-refractivity contribution < 1.29 is 23.9 Å². The van der Waals surface area contributed by atoms with E-state index < -0.39 is 29.8 Å². The van der Waals surface area contributed by atoms with Crippen LogP contribution >= 0.6 is 0 Å². The lowest BCUT2D eigenvalue weighted by Crippen LogP contribution is -2.54. The molecule has 3 atom stereocenters. The van der Waals surface area contributed by atoms with Crippen LogP contribution in [0.4, 0.5) is 0 Å². The summed E-state index contributed by atoms with van der Waals surface area (Å²) in [4.78, 5) is 53.5. The number of hydrogen-bond acceptors (Lipinski definition) is 6. The summed E-state index contributed by atoms with van der Waals surface area (Å²) < 4.78 is 5.72. The van der Waals surface area contributed by atoms with Crippen molar-refractivity contribution in [3.8, 4) is 5.75 Å². The molecule has 0 fully saturated rings. The van der Waals surface area contributed by atoms with E-state index in [9.17, 15) is 19.2 Å². The fraction of sp³-hybridized carbons (Fsp3) is 0.583. The van der Waals surface area contributed by atoms with Gasteiger partial charge in [0.15, 0.2) is 0 Å². The number of fused-ring (bicyclic) bond motifs is 1. The Bertz CT molecular complexity index is 860. The van der Waals surface area contributed by atoms with Crippen molar-refractivity contribution >= 4 is 23.6 Å². The van der Waals surface area contributed by atoms with Crippen LogP contribution in [0.15, 0.2) is 24.3 Å². The third-order valence-corrected chi connectivity index (χ3v) is 5.70. The van der Waals surface area contributed by atoms with Crippen molar-refractivity contribution in [2.24, 2.45) is 5.92 Å². The Hall–Kier alpha value is -3.14. The van der Waals surface area contributed by atoms with E-state index in [2.05, 4.69) is 21.3 Å². The fourth-order valence-electron chi connectivity index (χ4n) is 3.52. The highest BCUT2D eigenvalue weighted by Gasteiger charge is 2.30. The average molecular weight is 476 g/mol. The normalized spacial score (nSPS) is 20.7. The molecule has 34 heavy (non-hydrogen) atoms. The number of hydrogen-bond donors (Lipinski definition) is 4. The molecule has 1 aromatic carbocycles. The van der Waals surface area contributed by atoms with Crippen LogP contribution < -0.4 is 26.0 Å². The zero-order chi connectivity index (χ0) is 25.1. The van der Waals surface area contributed by atoms with Gasteiger partial charge in [-0.05, 0) is 45.1 Å². The maximum Gasteiger partial charge on any atom is 0.255 e. The van der Waals surface area contributed by atoms with E-state index in [-0.39, 0.29) is 37.0 Å². The van der Waals surface area contributed by atoms with Gasteiger partial charge in [-0.3, -0.25) is 19.2 Å². The summed E-state index contributed by atoms with van der Waals surface area (Å²) in [6.07, 6.45) is 1.10. The van der Waals surface area contributed by atoms with E-state index in [1.807, 2.05) is 32.8 Å². The first-order chi connectivity index (χ1) is 16.2. The number of amides is 4. The summed E-state index contributed by atoms with van der Waals surface area (Å²) in [7, 11) is 3.88. The van der Waals surface area contributed by atoms with Crippen LogP contribution in [-0.2, 0) is 14.4 Å². The molecule has 1 aliphatic heterocycles. The summed E-state index contributed by atoms with van der Waals surface area (Å²) in [6.45, 7) is 5.36. The second kappa shape index (κ2) is 13.5. The molecule has 0 aromatic heterocycles. The fourth-order valence-corrected chi connectivity index (χ4v) is 3.52. The first-order valence-electron chi connectivity index (χ1n) is 11.7. The molecule has 2 rings (SSSR count). The van der Waals surface area contributed by atoms with E-state index in [0.29, 0.717) is 18.7 Å².